The maximum atomic E-state index is 5.72. The van der Waals surface area contributed by atoms with Crippen molar-refractivity contribution in [1.82, 2.24) is 4.98 Å². The van der Waals surface area contributed by atoms with Gasteiger partial charge in [-0.05, 0) is 74.0 Å². The molecule has 1 fully saturated rings. The predicted octanol–water partition coefficient (Wildman–Crippen LogP) is 5.21. The SMILES string of the molecule is CCCC1CCC2(CC=C(c3ccc(N)cn3)CC2)CC1. The molecule has 1 spiro atoms. The van der Waals surface area contributed by atoms with Gasteiger partial charge in [0, 0.05) is 0 Å². The van der Waals surface area contributed by atoms with Crippen LogP contribution in [0.1, 0.15) is 70.4 Å². The van der Waals surface area contributed by atoms with E-state index in [1.807, 2.05) is 6.07 Å². The molecule has 0 saturated heterocycles. The monoisotopic (exact) mass is 284 g/mol. The highest BCUT2D eigenvalue weighted by Crippen LogP contribution is 2.50. The van der Waals surface area contributed by atoms with Gasteiger partial charge < -0.3 is 5.73 Å². The molecule has 1 aromatic heterocycles. The van der Waals surface area contributed by atoms with E-state index in [0.29, 0.717) is 5.41 Å². The molecular formula is C19H28N2. The highest BCUT2D eigenvalue weighted by molar-refractivity contribution is 5.64. The van der Waals surface area contributed by atoms with Gasteiger partial charge in [-0.2, -0.15) is 0 Å². The van der Waals surface area contributed by atoms with E-state index in [1.54, 1.807) is 6.20 Å². The average molecular weight is 284 g/mol. The lowest BCUT2D eigenvalue weighted by atomic mass is 9.63. The second-order valence-corrected chi connectivity index (χ2v) is 7.14. The molecule has 0 aromatic carbocycles. The second kappa shape index (κ2) is 6.21. The van der Waals surface area contributed by atoms with Crippen LogP contribution < -0.4 is 5.73 Å². The lowest BCUT2D eigenvalue weighted by molar-refractivity contribution is 0.132. The first-order valence-corrected chi connectivity index (χ1v) is 8.62. The van der Waals surface area contributed by atoms with E-state index in [2.05, 4.69) is 24.1 Å². The van der Waals surface area contributed by atoms with E-state index in [9.17, 15) is 0 Å². The summed E-state index contributed by atoms with van der Waals surface area (Å²) >= 11 is 0. The summed E-state index contributed by atoms with van der Waals surface area (Å²) in [4.78, 5) is 4.48. The Morgan fingerprint density at radius 3 is 2.62 bits per heavy atom. The van der Waals surface area contributed by atoms with Crippen LogP contribution in [-0.2, 0) is 0 Å². The topological polar surface area (TPSA) is 38.9 Å². The van der Waals surface area contributed by atoms with Crippen molar-refractivity contribution in [3.8, 4) is 0 Å². The number of nitrogen functional groups attached to an aromatic ring is 1. The minimum Gasteiger partial charge on any atom is -0.397 e. The van der Waals surface area contributed by atoms with Crippen LogP contribution in [0.3, 0.4) is 0 Å². The highest BCUT2D eigenvalue weighted by atomic mass is 14.7. The van der Waals surface area contributed by atoms with Crippen molar-refractivity contribution in [2.45, 2.75) is 64.7 Å². The van der Waals surface area contributed by atoms with Crippen LogP contribution >= 0.6 is 0 Å². The third kappa shape index (κ3) is 3.30. The Morgan fingerprint density at radius 1 is 1.24 bits per heavy atom. The first-order valence-electron chi connectivity index (χ1n) is 8.62. The van der Waals surface area contributed by atoms with Crippen LogP contribution in [0.4, 0.5) is 5.69 Å². The lowest BCUT2D eigenvalue weighted by Crippen LogP contribution is -2.29. The van der Waals surface area contributed by atoms with Gasteiger partial charge >= 0.3 is 0 Å². The minimum atomic E-state index is 0.613. The summed E-state index contributed by atoms with van der Waals surface area (Å²) in [6.45, 7) is 2.32. The fourth-order valence-electron chi connectivity index (χ4n) is 4.21. The summed E-state index contributed by atoms with van der Waals surface area (Å²) in [5.74, 6) is 1.00. The van der Waals surface area contributed by atoms with Crippen LogP contribution in [0.5, 0.6) is 0 Å². The Hall–Kier alpha value is -1.31. The molecule has 2 heteroatoms. The van der Waals surface area contributed by atoms with Gasteiger partial charge in [-0.15, -0.1) is 0 Å². The van der Waals surface area contributed by atoms with Crippen molar-refractivity contribution in [2.75, 3.05) is 5.73 Å². The molecule has 1 saturated carbocycles. The average Bonchev–Trinajstić information content (AvgIpc) is 2.52. The zero-order valence-corrected chi connectivity index (χ0v) is 13.3. The Labute approximate surface area is 128 Å². The van der Waals surface area contributed by atoms with Gasteiger partial charge in [0.15, 0.2) is 0 Å². The standard InChI is InChI=1S/C19H28N2/c1-2-3-15-6-10-19(11-7-15)12-8-16(9-13-19)18-5-4-17(20)14-21-18/h4-5,8,14-15H,2-3,6-7,9-13,20H2,1H3. The summed E-state index contributed by atoms with van der Waals surface area (Å²) < 4.78 is 0. The molecule has 1 heterocycles. The number of hydrogen-bond donors (Lipinski definition) is 1. The van der Waals surface area contributed by atoms with Crippen molar-refractivity contribution in [3.63, 3.8) is 0 Å². The maximum absolute atomic E-state index is 5.72. The van der Waals surface area contributed by atoms with Gasteiger partial charge in [-0.1, -0.05) is 25.8 Å². The zero-order chi connectivity index (χ0) is 14.7. The molecule has 2 N–H and O–H groups in total. The van der Waals surface area contributed by atoms with Crippen molar-refractivity contribution >= 4 is 11.3 Å². The normalized spacial score (nSPS) is 29.4. The number of rotatable bonds is 3. The van der Waals surface area contributed by atoms with Gasteiger partial charge in [0.05, 0.1) is 17.6 Å². The summed E-state index contributed by atoms with van der Waals surface area (Å²) in [5.41, 5.74) is 9.64. The number of pyridine rings is 1. The van der Waals surface area contributed by atoms with E-state index in [4.69, 9.17) is 5.73 Å². The quantitative estimate of drug-likeness (QED) is 0.827. The first kappa shape index (κ1) is 14.6. The minimum absolute atomic E-state index is 0.613. The number of allylic oxidation sites excluding steroid dienone is 2. The van der Waals surface area contributed by atoms with Crippen molar-refractivity contribution in [1.29, 1.82) is 0 Å². The van der Waals surface area contributed by atoms with E-state index in [-0.39, 0.29) is 0 Å². The summed E-state index contributed by atoms with van der Waals surface area (Å²) in [6.07, 6.45) is 16.6. The molecular weight excluding hydrogens is 256 g/mol. The van der Waals surface area contributed by atoms with Gasteiger partial charge in [-0.3, -0.25) is 4.98 Å². The van der Waals surface area contributed by atoms with Crippen molar-refractivity contribution in [2.24, 2.45) is 11.3 Å². The molecule has 114 valence electrons. The van der Waals surface area contributed by atoms with E-state index in [0.717, 1.165) is 17.3 Å². The summed E-state index contributed by atoms with van der Waals surface area (Å²) in [7, 11) is 0. The molecule has 0 unspecified atom stereocenters. The fourth-order valence-corrected chi connectivity index (χ4v) is 4.21. The molecule has 3 rings (SSSR count). The van der Waals surface area contributed by atoms with Gasteiger partial charge in [-0.25, -0.2) is 0 Å². The molecule has 2 nitrogen and oxygen atoms in total. The van der Waals surface area contributed by atoms with Crippen LogP contribution in [0, 0.1) is 11.3 Å². The molecule has 1 aromatic rings. The van der Waals surface area contributed by atoms with Crippen molar-refractivity contribution < 1.29 is 0 Å². The molecule has 21 heavy (non-hydrogen) atoms. The van der Waals surface area contributed by atoms with E-state index < -0.39 is 0 Å². The third-order valence-electron chi connectivity index (χ3n) is 5.68. The predicted molar refractivity (Wildman–Crippen MR) is 89.8 cm³/mol. The highest BCUT2D eigenvalue weighted by Gasteiger charge is 2.36. The van der Waals surface area contributed by atoms with Gasteiger partial charge in [0.25, 0.3) is 0 Å². The number of aromatic nitrogens is 1. The summed E-state index contributed by atoms with van der Waals surface area (Å²) in [5, 5.41) is 0. The van der Waals surface area contributed by atoms with Gasteiger partial charge in [0.1, 0.15) is 0 Å². The van der Waals surface area contributed by atoms with E-state index >= 15 is 0 Å². The number of anilines is 1. The van der Waals surface area contributed by atoms with Crippen LogP contribution in [0.25, 0.3) is 5.57 Å². The van der Waals surface area contributed by atoms with Crippen LogP contribution in [0.2, 0.25) is 0 Å². The molecule has 2 aliphatic carbocycles. The lowest BCUT2D eigenvalue weighted by Gasteiger charge is -2.42. The fraction of sp³-hybridized carbons (Fsp3) is 0.632. The Balaban J connectivity index is 1.63. The first-order chi connectivity index (χ1) is 10.2. The Bertz CT molecular complexity index is 493. The van der Waals surface area contributed by atoms with Crippen LogP contribution in [0.15, 0.2) is 24.4 Å². The molecule has 0 amide bonds. The number of hydrogen-bond acceptors (Lipinski definition) is 2. The third-order valence-corrected chi connectivity index (χ3v) is 5.68. The van der Waals surface area contributed by atoms with Crippen LogP contribution in [-0.4, -0.2) is 4.98 Å². The van der Waals surface area contributed by atoms with E-state index in [1.165, 1.54) is 63.4 Å². The largest absolute Gasteiger partial charge is 0.397 e. The molecule has 0 bridgehead atoms. The molecule has 0 radical (unpaired) electrons. The Morgan fingerprint density at radius 2 is 2.05 bits per heavy atom. The second-order valence-electron chi connectivity index (χ2n) is 7.14. The smallest absolute Gasteiger partial charge is 0.0660 e. The summed E-state index contributed by atoms with van der Waals surface area (Å²) in [6, 6.07) is 4.03. The number of nitrogens with zero attached hydrogens (tertiary/aromatic N) is 1. The molecule has 2 aliphatic rings. The van der Waals surface area contributed by atoms with Gasteiger partial charge in [0.2, 0.25) is 0 Å². The molecule has 0 aliphatic heterocycles. The maximum Gasteiger partial charge on any atom is 0.0660 e. The zero-order valence-electron chi connectivity index (χ0n) is 13.3. The molecule has 0 atom stereocenters. The Kier molecular flexibility index (Phi) is 4.32. The number of nitrogens with two attached hydrogens (primary N) is 1. The van der Waals surface area contributed by atoms with Crippen molar-refractivity contribution in [3.05, 3.63) is 30.1 Å².